The van der Waals surface area contributed by atoms with E-state index in [0.717, 1.165) is 45.2 Å². The molecule has 0 aliphatic heterocycles. The molecular formula is C21H33NO4. The molecule has 0 bridgehead atoms. The number of hydrogen-bond donors (Lipinski definition) is 2. The number of benzene rings is 1. The Kier molecular flexibility index (Phi) is 8.07. The van der Waals surface area contributed by atoms with Gasteiger partial charge >= 0.3 is 5.97 Å². The van der Waals surface area contributed by atoms with Gasteiger partial charge in [-0.3, -0.25) is 0 Å². The third-order valence-corrected chi connectivity index (χ3v) is 5.49. The highest BCUT2D eigenvalue weighted by molar-refractivity contribution is 5.81. The average Bonchev–Trinajstić information content (AvgIpc) is 2.70. The first-order valence-electron chi connectivity index (χ1n) is 9.87. The predicted molar refractivity (Wildman–Crippen MR) is 102 cm³/mol. The number of rotatable bonds is 9. The summed E-state index contributed by atoms with van der Waals surface area (Å²) in [4.78, 5) is 15.0. The van der Waals surface area contributed by atoms with Crippen LogP contribution in [0.25, 0.3) is 0 Å². The first kappa shape index (κ1) is 20.9. The minimum Gasteiger partial charge on any atom is -0.460 e. The monoisotopic (exact) mass is 363 g/mol. The fourth-order valence-corrected chi connectivity index (χ4v) is 3.85. The van der Waals surface area contributed by atoms with Crippen molar-refractivity contribution in [2.45, 2.75) is 57.7 Å². The lowest BCUT2D eigenvalue weighted by Crippen LogP contribution is -2.46. The Morgan fingerprint density at radius 1 is 1.19 bits per heavy atom. The van der Waals surface area contributed by atoms with Crippen molar-refractivity contribution in [3.05, 3.63) is 35.9 Å². The molecule has 0 aromatic heterocycles. The van der Waals surface area contributed by atoms with Gasteiger partial charge in [-0.1, -0.05) is 63.4 Å². The van der Waals surface area contributed by atoms with Crippen LogP contribution in [-0.2, 0) is 15.1 Å². The van der Waals surface area contributed by atoms with Gasteiger partial charge in [-0.05, 0) is 31.5 Å². The van der Waals surface area contributed by atoms with Crippen LogP contribution >= 0.6 is 0 Å². The molecule has 2 atom stereocenters. The number of likely N-dealkylation sites (N-methyl/N-ethyl adjacent to an activating group) is 1. The zero-order chi connectivity index (χ0) is 19.0. The summed E-state index contributed by atoms with van der Waals surface area (Å²) in [6, 6.07) is 9.08. The van der Waals surface area contributed by atoms with Crippen molar-refractivity contribution >= 4 is 5.97 Å². The molecule has 0 radical (unpaired) electrons. The maximum atomic E-state index is 12.9. The highest BCUT2D eigenvalue weighted by atomic mass is 16.6. The van der Waals surface area contributed by atoms with Gasteiger partial charge in [-0.2, -0.15) is 0 Å². The maximum absolute atomic E-state index is 12.9. The van der Waals surface area contributed by atoms with Crippen LogP contribution in [0.15, 0.2) is 30.3 Å². The van der Waals surface area contributed by atoms with E-state index in [9.17, 15) is 15.0 Å². The quantitative estimate of drug-likeness (QED) is 0.660. The number of aliphatic hydroxyl groups is 2. The molecule has 2 N–H and O–H groups in total. The van der Waals surface area contributed by atoms with Gasteiger partial charge in [0.1, 0.15) is 12.7 Å². The SMILES string of the molecule is CCN(CC)C[C@H](O)COC(=O)[C@](O)(c1ccccc1)C1CCCCC1. The molecule has 0 amide bonds. The second-order valence-electron chi connectivity index (χ2n) is 7.21. The number of esters is 1. The van der Waals surface area contributed by atoms with Crippen molar-refractivity contribution in [2.75, 3.05) is 26.2 Å². The Bertz CT molecular complexity index is 540. The van der Waals surface area contributed by atoms with Gasteiger partial charge in [0.2, 0.25) is 0 Å². The van der Waals surface area contributed by atoms with Crippen molar-refractivity contribution < 1.29 is 19.7 Å². The van der Waals surface area contributed by atoms with E-state index in [1.165, 1.54) is 0 Å². The lowest BCUT2D eigenvalue weighted by molar-refractivity contribution is -0.178. The van der Waals surface area contributed by atoms with E-state index in [-0.39, 0.29) is 12.5 Å². The van der Waals surface area contributed by atoms with Gasteiger partial charge in [-0.25, -0.2) is 4.79 Å². The van der Waals surface area contributed by atoms with Crippen LogP contribution in [0.4, 0.5) is 0 Å². The van der Waals surface area contributed by atoms with Crippen molar-refractivity contribution in [3.8, 4) is 0 Å². The van der Waals surface area contributed by atoms with E-state index in [4.69, 9.17) is 4.74 Å². The summed E-state index contributed by atoms with van der Waals surface area (Å²) in [6.45, 7) is 6.07. The Balaban J connectivity index is 2.08. The summed E-state index contributed by atoms with van der Waals surface area (Å²) >= 11 is 0. The molecule has 146 valence electrons. The van der Waals surface area contributed by atoms with Gasteiger partial charge < -0.3 is 19.8 Å². The molecule has 0 heterocycles. The molecule has 1 fully saturated rings. The first-order chi connectivity index (χ1) is 12.5. The fraction of sp³-hybridized carbons (Fsp3) is 0.667. The third kappa shape index (κ3) is 5.06. The fourth-order valence-electron chi connectivity index (χ4n) is 3.85. The summed E-state index contributed by atoms with van der Waals surface area (Å²) in [7, 11) is 0. The predicted octanol–water partition coefficient (Wildman–Crippen LogP) is 2.70. The molecule has 1 aromatic rings. The highest BCUT2D eigenvalue weighted by Gasteiger charge is 2.47. The van der Waals surface area contributed by atoms with Gasteiger partial charge in [-0.15, -0.1) is 0 Å². The standard InChI is InChI=1S/C21H33NO4/c1-3-22(4-2)15-19(23)16-26-20(24)21(25,17-11-7-5-8-12-17)18-13-9-6-10-14-18/h5,7-8,11-12,18-19,23,25H,3-4,6,9-10,13-16H2,1-2H3/t19-,21-/m0/s1. The molecule has 0 spiro atoms. The van der Waals surface area contributed by atoms with E-state index in [0.29, 0.717) is 12.1 Å². The lowest BCUT2D eigenvalue weighted by Gasteiger charge is -2.37. The first-order valence-corrected chi connectivity index (χ1v) is 9.87. The van der Waals surface area contributed by atoms with Gasteiger partial charge in [0.15, 0.2) is 5.60 Å². The van der Waals surface area contributed by atoms with E-state index in [1.54, 1.807) is 12.1 Å². The molecule has 0 unspecified atom stereocenters. The number of hydrogen-bond acceptors (Lipinski definition) is 5. The number of carbonyl (C=O) groups excluding carboxylic acids is 1. The third-order valence-electron chi connectivity index (χ3n) is 5.49. The van der Waals surface area contributed by atoms with Crippen molar-refractivity contribution in [3.63, 3.8) is 0 Å². The maximum Gasteiger partial charge on any atom is 0.343 e. The molecule has 5 heteroatoms. The Morgan fingerprint density at radius 2 is 1.81 bits per heavy atom. The molecule has 1 aliphatic carbocycles. The summed E-state index contributed by atoms with van der Waals surface area (Å²) in [6.07, 6.45) is 4.02. The van der Waals surface area contributed by atoms with Gasteiger partial charge in [0, 0.05) is 12.5 Å². The Hall–Kier alpha value is -1.43. The molecule has 2 rings (SSSR count). The molecular weight excluding hydrogens is 330 g/mol. The normalized spacial score (nSPS) is 19.1. The summed E-state index contributed by atoms with van der Waals surface area (Å²) in [5.74, 6) is -0.791. The molecule has 1 saturated carbocycles. The zero-order valence-electron chi connectivity index (χ0n) is 16.1. The molecule has 26 heavy (non-hydrogen) atoms. The number of carbonyl (C=O) groups is 1. The zero-order valence-corrected chi connectivity index (χ0v) is 16.1. The summed E-state index contributed by atoms with van der Waals surface area (Å²) < 4.78 is 5.40. The van der Waals surface area contributed by atoms with Crippen LogP contribution in [-0.4, -0.2) is 53.4 Å². The van der Waals surface area contributed by atoms with E-state index < -0.39 is 17.7 Å². The number of ether oxygens (including phenoxy) is 1. The van der Waals surface area contributed by atoms with Crippen LogP contribution in [0, 0.1) is 5.92 Å². The van der Waals surface area contributed by atoms with Crippen molar-refractivity contribution in [1.29, 1.82) is 0 Å². The highest BCUT2D eigenvalue weighted by Crippen LogP contribution is 2.40. The van der Waals surface area contributed by atoms with Gasteiger partial charge in [0.05, 0.1) is 0 Å². The van der Waals surface area contributed by atoms with E-state index in [1.807, 2.05) is 32.0 Å². The van der Waals surface area contributed by atoms with Crippen molar-refractivity contribution in [2.24, 2.45) is 5.92 Å². The van der Waals surface area contributed by atoms with E-state index in [2.05, 4.69) is 4.90 Å². The molecule has 1 aliphatic rings. The lowest BCUT2D eigenvalue weighted by atomic mass is 9.73. The van der Waals surface area contributed by atoms with Crippen LogP contribution in [0.3, 0.4) is 0 Å². The van der Waals surface area contributed by atoms with Gasteiger partial charge in [0.25, 0.3) is 0 Å². The second kappa shape index (κ2) is 10.0. The minimum absolute atomic E-state index is 0.100. The molecule has 1 aromatic carbocycles. The summed E-state index contributed by atoms with van der Waals surface area (Å²) in [5, 5.41) is 21.6. The van der Waals surface area contributed by atoms with Crippen LogP contribution in [0.1, 0.15) is 51.5 Å². The van der Waals surface area contributed by atoms with Crippen LogP contribution in [0.2, 0.25) is 0 Å². The number of aliphatic hydroxyl groups excluding tert-OH is 1. The Morgan fingerprint density at radius 3 is 2.38 bits per heavy atom. The number of nitrogens with zero attached hydrogens (tertiary/aromatic N) is 1. The molecule has 0 saturated heterocycles. The molecule has 5 nitrogen and oxygen atoms in total. The Labute approximate surface area is 157 Å². The largest absolute Gasteiger partial charge is 0.460 e. The average molecular weight is 363 g/mol. The van der Waals surface area contributed by atoms with Crippen LogP contribution < -0.4 is 0 Å². The van der Waals surface area contributed by atoms with Crippen molar-refractivity contribution in [1.82, 2.24) is 4.90 Å². The van der Waals surface area contributed by atoms with E-state index >= 15 is 0 Å². The van der Waals surface area contributed by atoms with Crippen LogP contribution in [0.5, 0.6) is 0 Å². The minimum atomic E-state index is -1.64. The summed E-state index contributed by atoms with van der Waals surface area (Å²) in [5.41, 5.74) is -1.06. The smallest absolute Gasteiger partial charge is 0.343 e. The topological polar surface area (TPSA) is 70.0 Å². The second-order valence-corrected chi connectivity index (χ2v) is 7.21.